The van der Waals surface area contributed by atoms with Crippen LogP contribution in [0.1, 0.15) is 50.4 Å². The van der Waals surface area contributed by atoms with E-state index < -0.39 is 0 Å². The third-order valence-corrected chi connectivity index (χ3v) is 2.83. The number of hydrogen-bond acceptors (Lipinski definition) is 3. The van der Waals surface area contributed by atoms with Gasteiger partial charge in [-0.2, -0.15) is 0 Å². The average molecular weight is 234 g/mol. The third kappa shape index (κ3) is 4.10. The van der Waals surface area contributed by atoms with E-state index in [1.807, 2.05) is 12.1 Å². The molecule has 0 heterocycles. The SMILES string of the molecule is CCCCC(C)Nc1ccc(C(C)=O)c(N)c1. The predicted molar refractivity (Wildman–Crippen MR) is 73.5 cm³/mol. The van der Waals surface area contributed by atoms with Gasteiger partial charge in [0.1, 0.15) is 0 Å². The number of Topliss-reactive ketones (excluding diaryl/α,β-unsaturated/α-hetero) is 1. The van der Waals surface area contributed by atoms with E-state index in [-0.39, 0.29) is 5.78 Å². The van der Waals surface area contributed by atoms with Gasteiger partial charge in [-0.05, 0) is 38.5 Å². The van der Waals surface area contributed by atoms with Gasteiger partial charge in [-0.15, -0.1) is 0 Å². The number of hydrogen-bond donors (Lipinski definition) is 2. The van der Waals surface area contributed by atoms with E-state index in [2.05, 4.69) is 19.2 Å². The lowest BCUT2D eigenvalue weighted by Gasteiger charge is -2.15. The number of ketones is 1. The molecule has 0 aromatic heterocycles. The molecule has 17 heavy (non-hydrogen) atoms. The monoisotopic (exact) mass is 234 g/mol. The molecule has 0 bridgehead atoms. The van der Waals surface area contributed by atoms with E-state index >= 15 is 0 Å². The van der Waals surface area contributed by atoms with Gasteiger partial charge in [-0.1, -0.05) is 19.8 Å². The lowest BCUT2D eigenvalue weighted by molar-refractivity contribution is 0.101. The molecule has 1 unspecified atom stereocenters. The Hall–Kier alpha value is -1.51. The summed E-state index contributed by atoms with van der Waals surface area (Å²) in [4.78, 5) is 11.2. The summed E-state index contributed by atoms with van der Waals surface area (Å²) in [6, 6.07) is 5.96. The third-order valence-electron chi connectivity index (χ3n) is 2.83. The zero-order valence-corrected chi connectivity index (χ0v) is 10.9. The highest BCUT2D eigenvalue weighted by Crippen LogP contribution is 2.19. The lowest BCUT2D eigenvalue weighted by atomic mass is 10.1. The summed E-state index contributed by atoms with van der Waals surface area (Å²) in [5.74, 6) is 0.00748. The number of nitrogen functional groups attached to an aromatic ring is 1. The Bertz CT molecular complexity index is 388. The van der Waals surface area contributed by atoms with E-state index in [1.54, 1.807) is 6.07 Å². The first-order valence-corrected chi connectivity index (χ1v) is 6.21. The normalized spacial score (nSPS) is 12.2. The number of rotatable bonds is 6. The zero-order valence-electron chi connectivity index (χ0n) is 10.9. The van der Waals surface area contributed by atoms with Gasteiger partial charge in [-0.3, -0.25) is 4.79 Å². The van der Waals surface area contributed by atoms with Gasteiger partial charge in [0, 0.05) is 23.0 Å². The van der Waals surface area contributed by atoms with Gasteiger partial charge in [-0.25, -0.2) is 0 Å². The Balaban J connectivity index is 2.67. The minimum absolute atomic E-state index is 0.00748. The number of unbranched alkanes of at least 4 members (excludes halogenated alkanes) is 1. The summed E-state index contributed by atoms with van der Waals surface area (Å²) in [5, 5.41) is 3.39. The molecule has 94 valence electrons. The first-order chi connectivity index (χ1) is 8.04. The number of carbonyl (C=O) groups is 1. The molecule has 3 N–H and O–H groups in total. The van der Waals surface area contributed by atoms with Crippen LogP contribution in [0.2, 0.25) is 0 Å². The van der Waals surface area contributed by atoms with E-state index in [9.17, 15) is 4.79 Å². The second kappa shape index (κ2) is 6.28. The quantitative estimate of drug-likeness (QED) is 0.585. The standard InChI is InChI=1S/C14H22N2O/c1-4-5-6-10(2)16-12-7-8-13(11(3)17)14(15)9-12/h7-10,16H,4-6,15H2,1-3H3. The van der Waals surface area contributed by atoms with Crippen molar-refractivity contribution < 1.29 is 4.79 Å². The number of carbonyl (C=O) groups excluding carboxylic acids is 1. The Morgan fingerprint density at radius 2 is 2.18 bits per heavy atom. The van der Waals surface area contributed by atoms with Crippen LogP contribution >= 0.6 is 0 Å². The van der Waals surface area contributed by atoms with Crippen LogP contribution in [0.25, 0.3) is 0 Å². The van der Waals surface area contributed by atoms with Crippen molar-refractivity contribution in [2.24, 2.45) is 0 Å². The van der Waals surface area contributed by atoms with Crippen LogP contribution < -0.4 is 11.1 Å². The molecule has 0 aliphatic carbocycles. The van der Waals surface area contributed by atoms with Crippen LogP contribution in [0.5, 0.6) is 0 Å². The molecule has 0 fully saturated rings. The molecule has 0 amide bonds. The van der Waals surface area contributed by atoms with Crippen molar-refractivity contribution in [3.05, 3.63) is 23.8 Å². The van der Waals surface area contributed by atoms with Crippen LogP contribution in [0.3, 0.4) is 0 Å². The van der Waals surface area contributed by atoms with Crippen molar-refractivity contribution in [1.82, 2.24) is 0 Å². The van der Waals surface area contributed by atoms with E-state index in [1.165, 1.54) is 19.8 Å². The Labute approximate surface area is 103 Å². The minimum Gasteiger partial charge on any atom is -0.398 e. The maximum absolute atomic E-state index is 11.2. The lowest BCUT2D eigenvalue weighted by Crippen LogP contribution is -2.15. The smallest absolute Gasteiger partial charge is 0.161 e. The fourth-order valence-corrected chi connectivity index (χ4v) is 1.84. The fourth-order valence-electron chi connectivity index (χ4n) is 1.84. The van der Waals surface area contributed by atoms with Gasteiger partial charge in [0.25, 0.3) is 0 Å². The average Bonchev–Trinajstić information content (AvgIpc) is 2.26. The molecule has 1 aromatic rings. The molecule has 0 saturated heterocycles. The molecule has 1 atom stereocenters. The van der Waals surface area contributed by atoms with E-state index in [0.29, 0.717) is 17.3 Å². The molecule has 3 nitrogen and oxygen atoms in total. The Kier molecular flexibility index (Phi) is 5.01. The molecule has 0 spiro atoms. The molecule has 0 aliphatic rings. The first kappa shape index (κ1) is 13.6. The second-order valence-corrected chi connectivity index (χ2v) is 4.55. The Morgan fingerprint density at radius 1 is 1.47 bits per heavy atom. The fraction of sp³-hybridized carbons (Fsp3) is 0.500. The van der Waals surface area contributed by atoms with Gasteiger partial charge in [0.05, 0.1) is 0 Å². The van der Waals surface area contributed by atoms with Crippen molar-refractivity contribution in [2.75, 3.05) is 11.1 Å². The largest absolute Gasteiger partial charge is 0.398 e. The predicted octanol–water partition coefficient (Wildman–Crippen LogP) is 3.46. The van der Waals surface area contributed by atoms with Gasteiger partial charge in [0.15, 0.2) is 5.78 Å². The van der Waals surface area contributed by atoms with Crippen molar-refractivity contribution in [3.8, 4) is 0 Å². The Morgan fingerprint density at radius 3 is 2.71 bits per heavy atom. The van der Waals surface area contributed by atoms with Crippen molar-refractivity contribution in [2.45, 2.75) is 46.1 Å². The second-order valence-electron chi connectivity index (χ2n) is 4.55. The first-order valence-electron chi connectivity index (χ1n) is 6.21. The van der Waals surface area contributed by atoms with Crippen molar-refractivity contribution in [1.29, 1.82) is 0 Å². The highest BCUT2D eigenvalue weighted by Gasteiger charge is 2.06. The summed E-state index contributed by atoms with van der Waals surface area (Å²) in [6.07, 6.45) is 3.57. The molecule has 0 aliphatic heterocycles. The number of benzene rings is 1. The molecule has 1 rings (SSSR count). The van der Waals surface area contributed by atoms with Crippen LogP contribution in [0.4, 0.5) is 11.4 Å². The van der Waals surface area contributed by atoms with Crippen LogP contribution in [0.15, 0.2) is 18.2 Å². The molecular formula is C14H22N2O. The van der Waals surface area contributed by atoms with Gasteiger partial charge < -0.3 is 11.1 Å². The maximum Gasteiger partial charge on any atom is 0.161 e. The molecule has 0 saturated carbocycles. The summed E-state index contributed by atoms with van der Waals surface area (Å²) in [7, 11) is 0. The number of nitrogens with two attached hydrogens (primary N) is 1. The van der Waals surface area contributed by atoms with Crippen LogP contribution in [0, 0.1) is 0 Å². The van der Waals surface area contributed by atoms with Crippen LogP contribution in [-0.2, 0) is 0 Å². The zero-order chi connectivity index (χ0) is 12.8. The summed E-state index contributed by atoms with van der Waals surface area (Å²) in [5.41, 5.74) is 7.96. The highest BCUT2D eigenvalue weighted by molar-refractivity contribution is 5.99. The molecule has 0 radical (unpaired) electrons. The summed E-state index contributed by atoms with van der Waals surface area (Å²) in [6.45, 7) is 5.87. The van der Waals surface area contributed by atoms with E-state index in [4.69, 9.17) is 5.73 Å². The van der Waals surface area contributed by atoms with E-state index in [0.717, 1.165) is 12.1 Å². The molecule has 1 aromatic carbocycles. The molecular weight excluding hydrogens is 212 g/mol. The summed E-state index contributed by atoms with van der Waals surface area (Å²) < 4.78 is 0. The maximum atomic E-state index is 11.2. The van der Waals surface area contributed by atoms with Crippen LogP contribution in [-0.4, -0.2) is 11.8 Å². The topological polar surface area (TPSA) is 55.1 Å². The number of nitrogens with one attached hydrogen (secondary N) is 1. The van der Waals surface area contributed by atoms with Gasteiger partial charge >= 0.3 is 0 Å². The minimum atomic E-state index is 0.00748. The van der Waals surface area contributed by atoms with Crippen molar-refractivity contribution in [3.63, 3.8) is 0 Å². The van der Waals surface area contributed by atoms with Crippen molar-refractivity contribution >= 4 is 17.2 Å². The summed E-state index contributed by atoms with van der Waals surface area (Å²) >= 11 is 0. The van der Waals surface area contributed by atoms with Gasteiger partial charge in [0.2, 0.25) is 0 Å². The highest BCUT2D eigenvalue weighted by atomic mass is 16.1. The number of anilines is 2. The molecule has 3 heteroatoms.